The maximum absolute atomic E-state index is 12.4. The van der Waals surface area contributed by atoms with Crippen molar-refractivity contribution < 1.29 is 24.0 Å². The van der Waals surface area contributed by atoms with Gasteiger partial charge in [0.25, 0.3) is 11.6 Å². The molecule has 0 atom stereocenters. The topological polar surface area (TPSA) is 123 Å². The molecule has 0 saturated carbocycles. The summed E-state index contributed by atoms with van der Waals surface area (Å²) in [5, 5.41) is 22.9. The van der Waals surface area contributed by atoms with E-state index < -0.39 is 16.8 Å². The molecule has 1 aromatic heterocycles. The third-order valence-electron chi connectivity index (χ3n) is 4.01. The van der Waals surface area contributed by atoms with Crippen LogP contribution in [-0.2, 0) is 0 Å². The van der Waals surface area contributed by atoms with Crippen molar-refractivity contribution in [2.45, 2.75) is 6.92 Å². The summed E-state index contributed by atoms with van der Waals surface area (Å²) in [5.41, 5.74) is 0.939. The normalized spacial score (nSPS) is 10.4. The number of rotatable bonds is 5. The van der Waals surface area contributed by atoms with Crippen LogP contribution in [0.5, 0.6) is 0 Å². The molecule has 0 bridgehead atoms. The third-order valence-corrected chi connectivity index (χ3v) is 4.01. The number of nitrogens with one attached hydrogen (secondary N) is 1. The molecule has 3 rings (SSSR count). The number of carbonyl (C=O) groups is 2. The fourth-order valence-corrected chi connectivity index (χ4v) is 2.63. The Balaban J connectivity index is 1.88. The Morgan fingerprint density at radius 3 is 2.52 bits per heavy atom. The molecule has 0 radical (unpaired) electrons. The van der Waals surface area contributed by atoms with Gasteiger partial charge < -0.3 is 14.8 Å². The predicted octanol–water partition coefficient (Wildman–Crippen LogP) is 4.11. The Labute approximate surface area is 153 Å². The third kappa shape index (κ3) is 3.54. The van der Waals surface area contributed by atoms with E-state index in [1.54, 1.807) is 19.1 Å². The first-order valence-electron chi connectivity index (χ1n) is 7.86. The van der Waals surface area contributed by atoms with Crippen molar-refractivity contribution in [3.05, 3.63) is 81.6 Å². The lowest BCUT2D eigenvalue weighted by Gasteiger charge is -2.09. The second-order valence-corrected chi connectivity index (χ2v) is 5.68. The summed E-state index contributed by atoms with van der Waals surface area (Å²) in [6.45, 7) is 1.58. The molecule has 1 heterocycles. The van der Waals surface area contributed by atoms with Gasteiger partial charge in [0.15, 0.2) is 5.76 Å². The Kier molecular flexibility index (Phi) is 4.71. The van der Waals surface area contributed by atoms with Crippen LogP contribution in [0.1, 0.15) is 26.5 Å². The van der Waals surface area contributed by atoms with Gasteiger partial charge in [0.2, 0.25) is 0 Å². The minimum atomic E-state index is -1.10. The number of carbonyl (C=O) groups excluding carboxylic acids is 1. The fraction of sp³-hybridized carbons (Fsp3) is 0.0526. The second-order valence-electron chi connectivity index (χ2n) is 5.68. The lowest BCUT2D eigenvalue weighted by atomic mass is 10.1. The zero-order valence-corrected chi connectivity index (χ0v) is 14.1. The number of anilines is 1. The smallest absolute Gasteiger partial charge is 0.336 e. The summed E-state index contributed by atoms with van der Waals surface area (Å²) in [5.74, 6) is -1.56. The van der Waals surface area contributed by atoms with E-state index in [2.05, 4.69) is 5.32 Å². The van der Waals surface area contributed by atoms with Gasteiger partial charge in [-0.1, -0.05) is 18.2 Å². The number of nitro groups is 1. The van der Waals surface area contributed by atoms with Crippen LogP contribution in [0.15, 0.2) is 59.0 Å². The van der Waals surface area contributed by atoms with Crippen LogP contribution in [0.25, 0.3) is 11.3 Å². The van der Waals surface area contributed by atoms with E-state index in [0.717, 1.165) is 0 Å². The van der Waals surface area contributed by atoms with Crippen molar-refractivity contribution in [2.75, 3.05) is 5.32 Å². The van der Waals surface area contributed by atoms with E-state index in [1.807, 2.05) is 0 Å². The zero-order chi connectivity index (χ0) is 19.6. The van der Waals surface area contributed by atoms with Crippen molar-refractivity contribution in [3.63, 3.8) is 0 Å². The monoisotopic (exact) mass is 366 g/mol. The highest BCUT2D eigenvalue weighted by atomic mass is 16.6. The van der Waals surface area contributed by atoms with E-state index in [9.17, 15) is 19.7 Å². The van der Waals surface area contributed by atoms with E-state index in [1.165, 1.54) is 42.5 Å². The highest BCUT2D eigenvalue weighted by Gasteiger charge is 2.20. The molecule has 0 aliphatic heterocycles. The number of aromatic carboxylic acids is 1. The van der Waals surface area contributed by atoms with Crippen LogP contribution in [0.4, 0.5) is 11.4 Å². The number of hydrogen-bond donors (Lipinski definition) is 2. The Morgan fingerprint density at radius 1 is 1.07 bits per heavy atom. The fourth-order valence-electron chi connectivity index (χ4n) is 2.63. The van der Waals surface area contributed by atoms with Gasteiger partial charge in [-0.15, -0.1) is 0 Å². The number of carboxylic acids is 1. The quantitative estimate of drug-likeness (QED) is 0.517. The molecule has 1 amide bonds. The summed E-state index contributed by atoms with van der Waals surface area (Å²) >= 11 is 0. The van der Waals surface area contributed by atoms with Gasteiger partial charge in [-0.2, -0.15) is 0 Å². The average Bonchev–Trinajstić information content (AvgIpc) is 3.13. The van der Waals surface area contributed by atoms with E-state index >= 15 is 0 Å². The van der Waals surface area contributed by atoms with Crippen LogP contribution < -0.4 is 5.32 Å². The van der Waals surface area contributed by atoms with Gasteiger partial charge in [-0.3, -0.25) is 14.9 Å². The first-order valence-corrected chi connectivity index (χ1v) is 7.86. The van der Waals surface area contributed by atoms with E-state index in [-0.39, 0.29) is 28.3 Å². The molecule has 27 heavy (non-hydrogen) atoms. The summed E-state index contributed by atoms with van der Waals surface area (Å²) in [6, 6.07) is 13.4. The largest absolute Gasteiger partial charge is 0.478 e. The molecular formula is C19H14N2O6. The first kappa shape index (κ1) is 17.9. The number of hydrogen-bond acceptors (Lipinski definition) is 5. The summed E-state index contributed by atoms with van der Waals surface area (Å²) in [6.07, 6.45) is 0. The Morgan fingerprint density at radius 2 is 1.81 bits per heavy atom. The molecule has 136 valence electrons. The molecule has 8 heteroatoms. The SMILES string of the molecule is Cc1c(NC(=O)c2ccc(-c3ccccc3[N+](=O)[O-])o2)cccc1C(=O)O. The first-order chi connectivity index (χ1) is 12.9. The molecule has 0 unspecified atom stereocenters. The van der Waals surface area contributed by atoms with Gasteiger partial charge in [-0.25, -0.2) is 4.79 Å². The number of nitrogens with zero attached hydrogens (tertiary/aromatic N) is 1. The molecule has 0 saturated heterocycles. The predicted molar refractivity (Wildman–Crippen MR) is 96.9 cm³/mol. The summed E-state index contributed by atoms with van der Waals surface area (Å²) in [4.78, 5) is 34.2. The van der Waals surface area contributed by atoms with Crippen LogP contribution in [0.3, 0.4) is 0 Å². The highest BCUT2D eigenvalue weighted by Crippen LogP contribution is 2.31. The standard InChI is InChI=1S/C19H14N2O6/c1-11-12(19(23)24)6-4-7-14(11)20-18(22)17-10-9-16(27-17)13-5-2-3-8-15(13)21(25)26/h2-10H,1H3,(H,20,22)(H,23,24). The minimum Gasteiger partial charge on any atom is -0.478 e. The number of nitro benzene ring substituents is 1. The van der Waals surface area contributed by atoms with E-state index in [4.69, 9.17) is 9.52 Å². The van der Waals surface area contributed by atoms with Gasteiger partial charge in [0, 0.05) is 11.8 Å². The van der Waals surface area contributed by atoms with Crippen LogP contribution in [-0.4, -0.2) is 21.9 Å². The van der Waals surface area contributed by atoms with E-state index in [0.29, 0.717) is 11.3 Å². The van der Waals surface area contributed by atoms with Crippen molar-refractivity contribution in [3.8, 4) is 11.3 Å². The van der Waals surface area contributed by atoms with Crippen LogP contribution >= 0.6 is 0 Å². The summed E-state index contributed by atoms with van der Waals surface area (Å²) in [7, 11) is 0. The molecule has 0 aliphatic rings. The average molecular weight is 366 g/mol. The number of para-hydroxylation sites is 1. The highest BCUT2D eigenvalue weighted by molar-refractivity contribution is 6.04. The minimum absolute atomic E-state index is 0.0525. The maximum atomic E-state index is 12.4. The Bertz CT molecular complexity index is 1050. The lowest BCUT2D eigenvalue weighted by molar-refractivity contribution is -0.384. The van der Waals surface area contributed by atoms with Crippen LogP contribution in [0, 0.1) is 17.0 Å². The van der Waals surface area contributed by atoms with Crippen molar-refractivity contribution >= 4 is 23.3 Å². The molecule has 3 aromatic rings. The molecule has 0 fully saturated rings. The number of furan rings is 1. The number of carboxylic acid groups (broad SMARTS) is 1. The molecule has 2 aromatic carbocycles. The molecular weight excluding hydrogens is 352 g/mol. The molecule has 0 spiro atoms. The lowest BCUT2D eigenvalue weighted by Crippen LogP contribution is -2.13. The molecule has 8 nitrogen and oxygen atoms in total. The zero-order valence-electron chi connectivity index (χ0n) is 14.1. The molecule has 2 N–H and O–H groups in total. The van der Waals surface area contributed by atoms with Crippen molar-refractivity contribution in [1.29, 1.82) is 0 Å². The van der Waals surface area contributed by atoms with Gasteiger partial charge in [0.05, 0.1) is 16.1 Å². The number of benzene rings is 2. The van der Waals surface area contributed by atoms with Crippen molar-refractivity contribution in [2.24, 2.45) is 0 Å². The second kappa shape index (κ2) is 7.12. The Hall–Kier alpha value is -3.94. The van der Waals surface area contributed by atoms with Gasteiger partial charge in [0.1, 0.15) is 5.76 Å². The van der Waals surface area contributed by atoms with Crippen molar-refractivity contribution in [1.82, 2.24) is 0 Å². The number of amides is 1. The summed E-state index contributed by atoms with van der Waals surface area (Å²) < 4.78 is 5.48. The van der Waals surface area contributed by atoms with Crippen LogP contribution in [0.2, 0.25) is 0 Å². The van der Waals surface area contributed by atoms with Gasteiger partial charge >= 0.3 is 5.97 Å². The van der Waals surface area contributed by atoms with Gasteiger partial charge in [-0.05, 0) is 42.8 Å². The maximum Gasteiger partial charge on any atom is 0.336 e. The molecule has 0 aliphatic carbocycles.